The van der Waals surface area contributed by atoms with Crippen LogP contribution in [0.2, 0.25) is 10.0 Å². The smallest absolute Gasteiger partial charge is 0.235 e. The lowest BCUT2D eigenvalue weighted by Crippen LogP contribution is -3.00. The third kappa shape index (κ3) is 3.31. The summed E-state index contributed by atoms with van der Waals surface area (Å²) in [5.74, 6) is 0. The molecule has 0 aliphatic heterocycles. The third-order valence-electron chi connectivity index (χ3n) is 1.68. The van der Waals surface area contributed by atoms with Crippen molar-refractivity contribution in [2.45, 2.75) is 0 Å². The lowest BCUT2D eigenvalue weighted by Gasteiger charge is -1.84. The van der Waals surface area contributed by atoms with Gasteiger partial charge in [-0.1, -0.05) is 36.4 Å². The first-order valence-electron chi connectivity index (χ1n) is 4.20. The molecule has 0 amide bonds. The molecule has 0 atom stereocenters. The molecule has 2 rings (SSSR count). The average molecular weight is 317 g/mol. The van der Waals surface area contributed by atoms with Gasteiger partial charge in [0.25, 0.3) is 0 Å². The minimum absolute atomic E-state index is 0. The fourth-order valence-electron chi connectivity index (χ4n) is 1.08. The highest BCUT2D eigenvalue weighted by Crippen LogP contribution is 2.12. The maximum absolute atomic E-state index is 2.29. The Kier molecular flexibility index (Phi) is 4.98. The van der Waals surface area contributed by atoms with Gasteiger partial charge in [0.2, 0.25) is 20.8 Å². The first kappa shape index (κ1) is 11.5. The predicted octanol–water partition coefficient (Wildman–Crippen LogP) is 0.305. The molecule has 0 saturated carbocycles. The molecule has 0 spiro atoms. The highest BCUT2D eigenvalue weighted by Gasteiger charge is 2.10. The van der Waals surface area contributed by atoms with E-state index in [1.807, 2.05) is 36.4 Å². The lowest BCUT2D eigenvalue weighted by atomic mass is 10.4. The first-order chi connectivity index (χ1) is 6.45. The number of benzene rings is 2. The van der Waals surface area contributed by atoms with Gasteiger partial charge in [0, 0.05) is 24.3 Å². The van der Waals surface area contributed by atoms with Crippen molar-refractivity contribution in [3.63, 3.8) is 0 Å². The van der Waals surface area contributed by atoms with Gasteiger partial charge in [-0.05, 0) is 0 Å². The third-order valence-corrected chi connectivity index (χ3v) is 2.62. The number of hydrogen-bond acceptors (Lipinski definition) is 0. The molecule has 0 fully saturated rings. The second kappa shape index (κ2) is 6.04. The maximum Gasteiger partial charge on any atom is 0.235 e. The molecular weight excluding hydrogens is 306 g/mol. The fourth-order valence-corrected chi connectivity index (χ4v) is 1.88. The van der Waals surface area contributed by atoms with Crippen LogP contribution in [0.5, 0.6) is 0 Å². The number of hydrogen-bond donors (Lipinski definition) is 0. The van der Waals surface area contributed by atoms with Crippen molar-refractivity contribution in [1.29, 1.82) is 0 Å². The van der Waals surface area contributed by atoms with Gasteiger partial charge in [0.05, 0.1) is 0 Å². The zero-order chi connectivity index (χ0) is 8.93. The van der Waals surface area contributed by atoms with E-state index in [0.717, 1.165) is 0 Å². The van der Waals surface area contributed by atoms with E-state index in [4.69, 9.17) is 0 Å². The molecule has 2 heteroatoms. The van der Waals surface area contributed by atoms with Crippen molar-refractivity contribution < 1.29 is 34.8 Å². The second-order valence-electron chi connectivity index (χ2n) is 2.69. The Balaban J connectivity index is 0.000000980. The van der Waals surface area contributed by atoms with E-state index < -0.39 is 0 Å². The van der Waals surface area contributed by atoms with Crippen LogP contribution in [-0.2, 0) is 0 Å². The minimum atomic E-state index is 0. The molecule has 0 aromatic heterocycles. The number of halogens is 2. The second-order valence-corrected chi connectivity index (χ2v) is 3.75. The largest absolute Gasteiger partial charge is 1.00 e. The summed E-state index contributed by atoms with van der Waals surface area (Å²) in [7, 11) is 2.29. The van der Waals surface area contributed by atoms with Crippen LogP contribution in [0.15, 0.2) is 60.7 Å². The Bertz CT molecular complexity index is 321. The van der Waals surface area contributed by atoms with Crippen molar-refractivity contribution in [1.82, 2.24) is 0 Å². The van der Waals surface area contributed by atoms with Crippen LogP contribution < -0.4 is 24.0 Å². The molecule has 0 aliphatic carbocycles. The van der Waals surface area contributed by atoms with E-state index in [1.54, 1.807) is 0 Å². The maximum atomic E-state index is 2.29. The summed E-state index contributed by atoms with van der Waals surface area (Å²) >= 11 is 0. The van der Waals surface area contributed by atoms with Crippen LogP contribution in [0.25, 0.3) is 0 Å². The van der Waals surface area contributed by atoms with Crippen LogP contribution in [0.4, 0.5) is 0 Å². The lowest BCUT2D eigenvalue weighted by molar-refractivity contribution is -0.535. The van der Waals surface area contributed by atoms with E-state index in [9.17, 15) is 0 Å². The van der Waals surface area contributed by atoms with E-state index in [2.05, 4.69) is 35.1 Å². The van der Waals surface area contributed by atoms with Crippen molar-refractivity contribution in [3.05, 3.63) is 70.7 Å². The summed E-state index contributed by atoms with van der Waals surface area (Å²) in [5.41, 5.74) is 0. The molecule has 0 heterocycles. The topological polar surface area (TPSA) is 0 Å². The molecule has 0 nitrogen and oxygen atoms in total. The van der Waals surface area contributed by atoms with Crippen molar-refractivity contribution in [2.75, 3.05) is 0 Å². The SMILES string of the molecule is [I-].c1ccc([Cl+]c2ccccc2)cc1. The van der Waals surface area contributed by atoms with Crippen LogP contribution in [-0.4, -0.2) is 0 Å². The highest BCUT2D eigenvalue weighted by atomic mass is 127. The molecule has 14 heavy (non-hydrogen) atoms. The van der Waals surface area contributed by atoms with Crippen LogP contribution in [0, 0.1) is 10.8 Å². The summed E-state index contributed by atoms with van der Waals surface area (Å²) in [6, 6.07) is 20.6. The predicted molar refractivity (Wildman–Crippen MR) is 51.2 cm³/mol. The number of rotatable bonds is 2. The van der Waals surface area contributed by atoms with Crippen molar-refractivity contribution in [3.8, 4) is 0 Å². The van der Waals surface area contributed by atoms with E-state index >= 15 is 0 Å². The van der Waals surface area contributed by atoms with Gasteiger partial charge in [-0.15, -0.1) is 0 Å². The molecular formula is C12H10ClI. The van der Waals surface area contributed by atoms with Crippen LogP contribution in [0.1, 0.15) is 0 Å². The minimum Gasteiger partial charge on any atom is -1.00 e. The van der Waals surface area contributed by atoms with Gasteiger partial charge < -0.3 is 24.0 Å². The Labute approximate surface area is 105 Å². The zero-order valence-corrected chi connectivity index (χ0v) is 10.4. The highest BCUT2D eigenvalue weighted by molar-refractivity contribution is 5.14. The summed E-state index contributed by atoms with van der Waals surface area (Å²) in [6.45, 7) is 0. The molecule has 0 unspecified atom stereocenters. The van der Waals surface area contributed by atoms with Crippen molar-refractivity contribution >= 4 is 0 Å². The van der Waals surface area contributed by atoms with Gasteiger partial charge in [0.15, 0.2) is 0 Å². The van der Waals surface area contributed by atoms with Crippen LogP contribution in [0.3, 0.4) is 0 Å². The van der Waals surface area contributed by atoms with Gasteiger partial charge >= 0.3 is 0 Å². The van der Waals surface area contributed by atoms with E-state index in [1.165, 1.54) is 10.0 Å². The summed E-state index contributed by atoms with van der Waals surface area (Å²) < 4.78 is 0. The normalized spacial score (nSPS) is 9.14. The monoisotopic (exact) mass is 316 g/mol. The molecule has 0 saturated heterocycles. The standard InChI is InChI=1S/C12H10Cl.HI/c1-3-7-11(8-4-1)13-12-9-5-2-6-10-12;/h1-10H;1H/q+1;/p-1. The Morgan fingerprint density at radius 1 is 0.571 bits per heavy atom. The van der Waals surface area contributed by atoms with E-state index in [-0.39, 0.29) is 24.0 Å². The molecule has 0 N–H and O–H groups in total. The Morgan fingerprint density at radius 2 is 0.929 bits per heavy atom. The fraction of sp³-hybridized carbons (Fsp3) is 0. The van der Waals surface area contributed by atoms with Gasteiger partial charge in [-0.25, -0.2) is 0 Å². The quantitative estimate of drug-likeness (QED) is 0.700. The van der Waals surface area contributed by atoms with E-state index in [0.29, 0.717) is 0 Å². The summed E-state index contributed by atoms with van der Waals surface area (Å²) in [5, 5.41) is 2.46. The summed E-state index contributed by atoms with van der Waals surface area (Å²) in [6.07, 6.45) is 0. The molecule has 0 bridgehead atoms. The first-order valence-corrected chi connectivity index (χ1v) is 4.96. The van der Waals surface area contributed by atoms with Gasteiger partial charge in [0.1, 0.15) is 0 Å². The average Bonchev–Trinajstić information content (AvgIpc) is 2.21. The molecule has 72 valence electrons. The van der Waals surface area contributed by atoms with Crippen LogP contribution >= 0.6 is 0 Å². The molecule has 0 radical (unpaired) electrons. The summed E-state index contributed by atoms with van der Waals surface area (Å²) in [4.78, 5) is 0. The Morgan fingerprint density at radius 3 is 1.29 bits per heavy atom. The molecule has 0 aliphatic rings. The van der Waals surface area contributed by atoms with Crippen molar-refractivity contribution in [2.24, 2.45) is 0 Å². The van der Waals surface area contributed by atoms with Gasteiger partial charge in [-0.3, -0.25) is 0 Å². The Hall–Kier alpha value is -0.540. The molecule has 2 aromatic rings. The van der Waals surface area contributed by atoms with Gasteiger partial charge in [-0.2, -0.15) is 0 Å². The zero-order valence-electron chi connectivity index (χ0n) is 7.53. The molecule has 2 aromatic carbocycles.